The van der Waals surface area contributed by atoms with Crippen LogP contribution in [-0.2, 0) is 27.9 Å². The van der Waals surface area contributed by atoms with Crippen molar-refractivity contribution in [3.8, 4) is 0 Å². The Morgan fingerprint density at radius 2 is 0.813 bits per heavy atom. The fraction of sp³-hybridized carbons (Fsp3) is 0.846. The molecule has 2 N–H and O–H groups in total. The second-order valence-corrected chi connectivity index (χ2v) is 24.4. The number of phosphoric ester groups is 1. The van der Waals surface area contributed by atoms with Gasteiger partial charge in [0.2, 0.25) is 5.91 Å². The van der Waals surface area contributed by atoms with Gasteiger partial charge in [0.15, 0.2) is 0 Å². The largest absolute Gasteiger partial charge is 0.472 e. The van der Waals surface area contributed by atoms with Crippen LogP contribution in [0.25, 0.3) is 0 Å². The Morgan fingerprint density at radius 1 is 0.467 bits per heavy atom. The molecular weight excluding hydrogens is 952 g/mol. The molecule has 0 radical (unpaired) electrons. The molecule has 0 rings (SSSR count). The van der Waals surface area contributed by atoms with Gasteiger partial charge in [-0.25, -0.2) is 4.57 Å². The number of hydrogen-bond acceptors (Lipinski definition) is 6. The number of rotatable bonds is 58. The molecule has 75 heavy (non-hydrogen) atoms. The lowest BCUT2D eigenvalue weighted by Gasteiger charge is -2.27. The number of allylic oxidation sites excluding steroid dienone is 7. The van der Waals surface area contributed by atoms with Crippen molar-refractivity contribution in [1.82, 2.24) is 5.32 Å². The molecule has 0 fully saturated rings. The molecule has 0 bridgehead atoms. The minimum atomic E-state index is -4.45. The van der Waals surface area contributed by atoms with Gasteiger partial charge < -0.3 is 19.4 Å². The quantitative estimate of drug-likeness (QED) is 0.0156. The van der Waals surface area contributed by atoms with Crippen LogP contribution in [0, 0.1) is 0 Å². The normalized spacial score (nSPS) is 14.0. The Hall–Kier alpha value is -2.03. The number of nitrogens with zero attached hydrogens (tertiary/aromatic N) is 1. The number of esters is 1. The molecular formula is C65H124N2O7P+. The maximum atomic E-state index is 13.5. The SMILES string of the molecule is CCCCCCCC/C=C/CCCCCCCCCCCCCC(=O)OC(/C=C/CCCCCCCCCCCC)C(COP(=O)(O)OCC[N+](C)(C)C)NC(=O)CCCCC/C=C/C=C/CCCCCCCCC. The van der Waals surface area contributed by atoms with Crippen LogP contribution < -0.4 is 5.32 Å². The molecule has 440 valence electrons. The van der Waals surface area contributed by atoms with E-state index in [0.717, 1.165) is 64.2 Å². The predicted molar refractivity (Wildman–Crippen MR) is 323 cm³/mol. The smallest absolute Gasteiger partial charge is 0.456 e. The average molecular weight is 1080 g/mol. The number of hydrogen-bond donors (Lipinski definition) is 2. The van der Waals surface area contributed by atoms with Crippen LogP contribution in [0.3, 0.4) is 0 Å². The summed E-state index contributed by atoms with van der Waals surface area (Å²) in [5.41, 5.74) is 0. The van der Waals surface area contributed by atoms with E-state index in [9.17, 15) is 19.0 Å². The monoisotopic (exact) mass is 1080 g/mol. The van der Waals surface area contributed by atoms with E-state index < -0.39 is 20.0 Å². The average Bonchev–Trinajstić information content (AvgIpc) is 3.37. The fourth-order valence-electron chi connectivity index (χ4n) is 9.28. The summed E-state index contributed by atoms with van der Waals surface area (Å²) in [6, 6.07) is -0.861. The molecule has 0 saturated heterocycles. The lowest BCUT2D eigenvalue weighted by Crippen LogP contribution is -2.47. The molecule has 0 aliphatic rings. The van der Waals surface area contributed by atoms with Crippen molar-refractivity contribution in [3.05, 3.63) is 48.6 Å². The van der Waals surface area contributed by atoms with Gasteiger partial charge in [-0.3, -0.25) is 18.6 Å². The van der Waals surface area contributed by atoms with E-state index in [1.165, 1.54) is 199 Å². The molecule has 0 aromatic rings. The number of likely N-dealkylation sites (N-methyl/N-ethyl adjacent to an activating group) is 1. The van der Waals surface area contributed by atoms with Crippen LogP contribution in [0.4, 0.5) is 0 Å². The molecule has 9 nitrogen and oxygen atoms in total. The lowest BCUT2D eigenvalue weighted by atomic mass is 10.0. The summed E-state index contributed by atoms with van der Waals surface area (Å²) in [7, 11) is 1.48. The van der Waals surface area contributed by atoms with E-state index in [-0.39, 0.29) is 31.5 Å². The van der Waals surface area contributed by atoms with E-state index in [4.69, 9.17) is 13.8 Å². The summed E-state index contributed by atoms with van der Waals surface area (Å²) in [6.45, 7) is 7.01. The number of unbranched alkanes of at least 4 members (excludes halogenated alkanes) is 37. The highest BCUT2D eigenvalue weighted by Gasteiger charge is 2.30. The maximum absolute atomic E-state index is 13.5. The number of quaternary nitrogens is 1. The number of nitrogens with one attached hydrogen (secondary N) is 1. The summed E-state index contributed by atoms with van der Waals surface area (Å²) < 4.78 is 30.7. The molecule has 0 aromatic carbocycles. The van der Waals surface area contributed by atoms with Crippen molar-refractivity contribution in [2.24, 2.45) is 0 Å². The standard InChI is InChI=1S/C65H123N2O7P/c1-7-10-13-16-19-22-25-28-30-32-33-34-35-36-38-40-43-46-49-52-55-58-65(69)74-63(56-53-50-47-44-41-27-24-21-18-15-12-9-3)62(61-73-75(70,71)72-60-59-67(4,5)6)66-64(68)57-54-51-48-45-42-39-37-31-29-26-23-20-17-14-11-8-2/h28,30-31,37,39,42,53,56,62-63H,7-27,29,32-36,38,40-41,43-52,54-55,57-61H2,1-6H3,(H-,66,68,70,71)/p+1/b30-28+,37-31+,42-39+,56-53+. The third-order valence-corrected chi connectivity index (χ3v) is 15.3. The summed E-state index contributed by atoms with van der Waals surface area (Å²) in [6.07, 6.45) is 68.3. The molecule has 0 saturated carbocycles. The van der Waals surface area contributed by atoms with Crippen molar-refractivity contribution in [1.29, 1.82) is 0 Å². The first-order valence-corrected chi connectivity index (χ1v) is 33.5. The summed E-state index contributed by atoms with van der Waals surface area (Å²) >= 11 is 0. The van der Waals surface area contributed by atoms with Crippen molar-refractivity contribution >= 4 is 19.7 Å². The number of amides is 1. The minimum Gasteiger partial charge on any atom is -0.456 e. The zero-order valence-electron chi connectivity index (χ0n) is 50.3. The van der Waals surface area contributed by atoms with Crippen molar-refractivity contribution < 1.29 is 37.3 Å². The maximum Gasteiger partial charge on any atom is 0.472 e. The molecule has 10 heteroatoms. The highest BCUT2D eigenvalue weighted by Crippen LogP contribution is 2.43. The highest BCUT2D eigenvalue weighted by atomic mass is 31.2. The van der Waals surface area contributed by atoms with Crippen LogP contribution in [0.1, 0.15) is 303 Å². The summed E-state index contributed by atoms with van der Waals surface area (Å²) in [5, 5.41) is 3.04. The molecule has 0 heterocycles. The molecule has 0 aliphatic carbocycles. The Balaban J connectivity index is 5.23. The van der Waals surface area contributed by atoms with Crippen molar-refractivity contribution in [2.75, 3.05) is 40.9 Å². The molecule has 1 amide bonds. The van der Waals surface area contributed by atoms with Gasteiger partial charge in [-0.05, 0) is 83.1 Å². The molecule has 3 unspecified atom stereocenters. The number of ether oxygens (including phenoxy) is 1. The van der Waals surface area contributed by atoms with E-state index in [0.29, 0.717) is 23.9 Å². The number of carbonyl (C=O) groups is 2. The minimum absolute atomic E-state index is 0.0356. The first-order chi connectivity index (χ1) is 36.4. The number of carbonyl (C=O) groups excluding carboxylic acids is 2. The Kier molecular flexibility index (Phi) is 53.8. The molecule has 0 aromatic heterocycles. The van der Waals surface area contributed by atoms with Gasteiger partial charge in [0.1, 0.15) is 19.3 Å². The van der Waals surface area contributed by atoms with Crippen LogP contribution in [0.15, 0.2) is 48.6 Å². The van der Waals surface area contributed by atoms with Crippen LogP contribution in [0.2, 0.25) is 0 Å². The van der Waals surface area contributed by atoms with Gasteiger partial charge >= 0.3 is 13.8 Å². The fourth-order valence-corrected chi connectivity index (χ4v) is 10.0. The second-order valence-electron chi connectivity index (χ2n) is 23.0. The van der Waals surface area contributed by atoms with Crippen LogP contribution >= 0.6 is 7.82 Å². The first kappa shape index (κ1) is 73.0. The predicted octanol–water partition coefficient (Wildman–Crippen LogP) is 19.7. The van der Waals surface area contributed by atoms with Crippen molar-refractivity contribution in [2.45, 2.75) is 315 Å². The van der Waals surface area contributed by atoms with Crippen LogP contribution in [-0.4, -0.2) is 74.3 Å². The first-order valence-electron chi connectivity index (χ1n) is 32.0. The molecule has 0 spiro atoms. The summed E-state index contributed by atoms with van der Waals surface area (Å²) in [5.74, 6) is -0.528. The van der Waals surface area contributed by atoms with Gasteiger partial charge in [0.25, 0.3) is 0 Å². The van der Waals surface area contributed by atoms with Gasteiger partial charge in [-0.2, -0.15) is 0 Å². The number of phosphoric acid groups is 1. The Labute approximate surface area is 465 Å². The third kappa shape index (κ3) is 56.5. The molecule has 3 atom stereocenters. The van der Waals surface area contributed by atoms with E-state index >= 15 is 0 Å². The van der Waals surface area contributed by atoms with Crippen LogP contribution in [0.5, 0.6) is 0 Å². The lowest BCUT2D eigenvalue weighted by molar-refractivity contribution is -0.870. The zero-order chi connectivity index (χ0) is 55.0. The molecule has 0 aliphatic heterocycles. The highest BCUT2D eigenvalue weighted by molar-refractivity contribution is 7.47. The third-order valence-electron chi connectivity index (χ3n) is 14.3. The van der Waals surface area contributed by atoms with Gasteiger partial charge in [-0.15, -0.1) is 0 Å². The van der Waals surface area contributed by atoms with Gasteiger partial charge in [0.05, 0.1) is 33.8 Å². The van der Waals surface area contributed by atoms with Gasteiger partial charge in [0, 0.05) is 12.8 Å². The second kappa shape index (κ2) is 55.3. The van der Waals surface area contributed by atoms with Gasteiger partial charge in [-0.1, -0.05) is 256 Å². The van der Waals surface area contributed by atoms with E-state index in [1.807, 2.05) is 33.3 Å². The van der Waals surface area contributed by atoms with Crippen molar-refractivity contribution in [3.63, 3.8) is 0 Å². The zero-order valence-corrected chi connectivity index (χ0v) is 51.2. The van der Waals surface area contributed by atoms with E-state index in [2.05, 4.69) is 62.5 Å². The van der Waals surface area contributed by atoms with E-state index in [1.54, 1.807) is 0 Å². The summed E-state index contributed by atoms with van der Waals surface area (Å²) in [4.78, 5) is 37.7. The Bertz CT molecular complexity index is 1420. The Morgan fingerprint density at radius 3 is 1.23 bits per heavy atom. The topological polar surface area (TPSA) is 111 Å².